The van der Waals surface area contributed by atoms with Gasteiger partial charge in [-0.1, -0.05) is 48.5 Å². The molecular formula is C27H18F3N3O3. The lowest BCUT2D eigenvalue weighted by molar-refractivity contribution is -0.274. The number of ether oxygens (including phenoxy) is 2. The Hall–Kier alpha value is -4.66. The summed E-state index contributed by atoms with van der Waals surface area (Å²) in [5, 5.41) is 8.78. The van der Waals surface area contributed by atoms with E-state index in [1.54, 1.807) is 18.2 Å². The molecule has 0 aliphatic rings. The highest BCUT2D eigenvalue weighted by Gasteiger charge is 2.30. The van der Waals surface area contributed by atoms with Crippen molar-refractivity contribution < 1.29 is 27.1 Å². The molecule has 0 unspecified atom stereocenters. The van der Waals surface area contributed by atoms with Crippen molar-refractivity contribution in [1.82, 2.24) is 15.2 Å². The van der Waals surface area contributed by atoms with E-state index in [0.717, 1.165) is 22.2 Å². The molecule has 0 aliphatic heterocycles. The van der Waals surface area contributed by atoms with Crippen molar-refractivity contribution in [2.24, 2.45) is 0 Å². The van der Waals surface area contributed by atoms with E-state index >= 15 is 0 Å². The number of aromatic nitrogens is 3. The molecule has 6 nitrogen and oxygen atoms in total. The molecule has 0 radical (unpaired) electrons. The van der Waals surface area contributed by atoms with Gasteiger partial charge in [0, 0.05) is 11.0 Å². The first-order chi connectivity index (χ1) is 17.4. The molecule has 2 aromatic heterocycles. The molecule has 0 amide bonds. The van der Waals surface area contributed by atoms with Crippen LogP contribution in [-0.4, -0.2) is 21.5 Å². The largest absolute Gasteiger partial charge is 0.573 e. The zero-order valence-corrected chi connectivity index (χ0v) is 18.6. The Labute approximate surface area is 203 Å². The van der Waals surface area contributed by atoms with Crippen LogP contribution in [0.3, 0.4) is 0 Å². The Morgan fingerprint density at radius 3 is 2.33 bits per heavy atom. The zero-order valence-electron chi connectivity index (χ0n) is 18.6. The second-order valence-corrected chi connectivity index (χ2v) is 7.73. The lowest BCUT2D eigenvalue weighted by Gasteiger charge is -2.10. The summed E-state index contributed by atoms with van der Waals surface area (Å²) in [6.45, 7) is 0.308. The van der Waals surface area contributed by atoms with Crippen LogP contribution >= 0.6 is 0 Å². The van der Waals surface area contributed by atoms with E-state index in [1.807, 2.05) is 48.5 Å². The molecule has 5 rings (SSSR count). The van der Waals surface area contributed by atoms with Crippen molar-refractivity contribution in [3.05, 3.63) is 114 Å². The summed E-state index contributed by atoms with van der Waals surface area (Å²) in [6, 6.07) is 24.6. The minimum absolute atomic E-state index is 0.264. The van der Waals surface area contributed by atoms with Gasteiger partial charge in [0.15, 0.2) is 0 Å². The topological polar surface area (TPSA) is 70.3 Å². The van der Waals surface area contributed by atoms with Gasteiger partial charge in [-0.2, -0.15) is 0 Å². The average molecular weight is 489 g/mol. The van der Waals surface area contributed by atoms with E-state index in [1.165, 1.54) is 30.7 Å². The van der Waals surface area contributed by atoms with E-state index in [0.29, 0.717) is 23.5 Å². The molecule has 0 fully saturated rings. The predicted octanol–water partition coefficient (Wildman–Crippen LogP) is 6.68. The van der Waals surface area contributed by atoms with Gasteiger partial charge in [-0.15, -0.1) is 23.4 Å². The van der Waals surface area contributed by atoms with Gasteiger partial charge >= 0.3 is 6.36 Å². The van der Waals surface area contributed by atoms with Gasteiger partial charge in [0.05, 0.1) is 11.2 Å². The molecule has 0 spiro atoms. The number of benzene rings is 3. The van der Waals surface area contributed by atoms with Gasteiger partial charge in [-0.05, 0) is 53.6 Å². The summed E-state index contributed by atoms with van der Waals surface area (Å²) in [5.74, 6) is 0.605. The van der Waals surface area contributed by atoms with Gasteiger partial charge in [0.1, 0.15) is 18.1 Å². The first-order valence-corrected chi connectivity index (χ1v) is 10.8. The molecule has 0 N–H and O–H groups in total. The summed E-state index contributed by atoms with van der Waals surface area (Å²) in [6.07, 6.45) is -1.81. The Kier molecular flexibility index (Phi) is 6.36. The maximum atomic E-state index is 12.4. The number of alkyl halides is 3. The van der Waals surface area contributed by atoms with Crippen molar-refractivity contribution in [3.63, 3.8) is 0 Å². The lowest BCUT2D eigenvalue weighted by Crippen LogP contribution is -2.16. The Morgan fingerprint density at radius 1 is 0.861 bits per heavy atom. The lowest BCUT2D eigenvalue weighted by atomic mass is 10.0. The molecule has 180 valence electrons. The second-order valence-electron chi connectivity index (χ2n) is 7.73. The minimum atomic E-state index is -4.75. The molecule has 0 saturated carbocycles. The van der Waals surface area contributed by atoms with Gasteiger partial charge in [0.2, 0.25) is 12.3 Å². The third-order valence-corrected chi connectivity index (χ3v) is 5.22. The smallest absolute Gasteiger partial charge is 0.487 e. The van der Waals surface area contributed by atoms with Gasteiger partial charge in [0.25, 0.3) is 0 Å². The van der Waals surface area contributed by atoms with Crippen LogP contribution in [0.2, 0.25) is 0 Å². The Bertz CT molecular complexity index is 1480. The van der Waals surface area contributed by atoms with Crippen LogP contribution in [0.15, 0.2) is 95.7 Å². The minimum Gasteiger partial charge on any atom is -0.487 e. The third-order valence-electron chi connectivity index (χ3n) is 5.22. The molecule has 2 heterocycles. The number of hydrogen-bond acceptors (Lipinski definition) is 6. The van der Waals surface area contributed by atoms with Crippen LogP contribution in [0.5, 0.6) is 11.5 Å². The number of halogens is 3. The van der Waals surface area contributed by atoms with Crippen LogP contribution in [-0.2, 0) is 6.61 Å². The van der Waals surface area contributed by atoms with Crippen LogP contribution in [0.1, 0.15) is 22.7 Å². The molecule has 36 heavy (non-hydrogen) atoms. The fraction of sp³-hybridized carbons (Fsp3) is 0.0741. The second kappa shape index (κ2) is 9.91. The van der Waals surface area contributed by atoms with E-state index in [-0.39, 0.29) is 11.6 Å². The molecule has 0 bridgehead atoms. The van der Waals surface area contributed by atoms with Crippen molar-refractivity contribution >= 4 is 22.6 Å². The van der Waals surface area contributed by atoms with Crippen LogP contribution in [0.4, 0.5) is 13.2 Å². The average Bonchev–Trinajstić information content (AvgIpc) is 3.41. The quantitative estimate of drug-likeness (QED) is 0.238. The number of fused-ring (bicyclic) bond motifs is 1. The number of nitrogens with zero attached hydrogens (tertiary/aromatic N) is 3. The fourth-order valence-electron chi connectivity index (χ4n) is 3.57. The van der Waals surface area contributed by atoms with Crippen molar-refractivity contribution in [2.45, 2.75) is 13.0 Å². The predicted molar refractivity (Wildman–Crippen MR) is 127 cm³/mol. The van der Waals surface area contributed by atoms with E-state index in [9.17, 15) is 13.2 Å². The number of rotatable bonds is 7. The maximum absolute atomic E-state index is 12.4. The highest BCUT2D eigenvalue weighted by atomic mass is 19.4. The summed E-state index contributed by atoms with van der Waals surface area (Å²) >= 11 is 0. The first-order valence-electron chi connectivity index (χ1n) is 10.8. The number of hydrogen-bond donors (Lipinski definition) is 0. The summed E-state index contributed by atoms with van der Waals surface area (Å²) in [4.78, 5) is 4.61. The Balaban J connectivity index is 1.33. The van der Waals surface area contributed by atoms with Gasteiger partial charge < -0.3 is 13.9 Å². The third kappa shape index (κ3) is 5.69. The highest BCUT2D eigenvalue weighted by molar-refractivity contribution is 5.88. The zero-order chi connectivity index (χ0) is 25.0. The monoisotopic (exact) mass is 489 g/mol. The summed E-state index contributed by atoms with van der Waals surface area (Å²) < 4.78 is 52.5. The van der Waals surface area contributed by atoms with E-state index in [4.69, 9.17) is 9.15 Å². The Morgan fingerprint density at radius 2 is 1.61 bits per heavy atom. The van der Waals surface area contributed by atoms with Crippen LogP contribution in [0.25, 0.3) is 22.6 Å². The van der Waals surface area contributed by atoms with Crippen molar-refractivity contribution in [1.29, 1.82) is 0 Å². The van der Waals surface area contributed by atoms with Gasteiger partial charge in [-0.3, -0.25) is 0 Å². The van der Waals surface area contributed by atoms with Crippen LogP contribution in [0, 0.1) is 0 Å². The molecule has 0 saturated heterocycles. The maximum Gasteiger partial charge on any atom is 0.573 e. The molecule has 5 aromatic rings. The standard InChI is InChI=1S/C27H18F3N3O3/c28-27(29,30)36-23-11-5-18(6-12-23)15-24(26-33-31-17-35-26)19-8-13-22(14-9-19)34-16-21-10-7-20-3-1-2-4-25(20)32-21/h1-15,17H,16H2/b24-15+. The molecular weight excluding hydrogens is 471 g/mol. The first kappa shape index (κ1) is 23.1. The number of pyridine rings is 1. The van der Waals surface area contributed by atoms with Gasteiger partial charge in [-0.25, -0.2) is 4.98 Å². The van der Waals surface area contributed by atoms with E-state index < -0.39 is 6.36 Å². The molecule has 3 aromatic carbocycles. The van der Waals surface area contributed by atoms with Crippen molar-refractivity contribution in [2.75, 3.05) is 0 Å². The SMILES string of the molecule is FC(F)(F)Oc1ccc(/C=C(\c2ccc(OCc3ccc4ccccc4n3)cc2)c2nnco2)cc1. The van der Waals surface area contributed by atoms with Crippen molar-refractivity contribution in [3.8, 4) is 11.5 Å². The highest BCUT2D eigenvalue weighted by Crippen LogP contribution is 2.28. The molecule has 9 heteroatoms. The summed E-state index contributed by atoms with van der Waals surface area (Å²) in [7, 11) is 0. The molecule has 0 atom stereocenters. The summed E-state index contributed by atoms with van der Waals surface area (Å²) in [5.41, 5.74) is 3.69. The molecule has 0 aliphatic carbocycles. The van der Waals surface area contributed by atoms with E-state index in [2.05, 4.69) is 19.9 Å². The number of para-hydroxylation sites is 1. The normalized spacial score (nSPS) is 12.0. The fourth-order valence-corrected chi connectivity index (χ4v) is 3.57. The van der Waals surface area contributed by atoms with Crippen LogP contribution < -0.4 is 9.47 Å².